The van der Waals surface area contributed by atoms with E-state index in [0.29, 0.717) is 18.3 Å². The van der Waals surface area contributed by atoms with Crippen molar-refractivity contribution in [2.75, 3.05) is 25.4 Å². The summed E-state index contributed by atoms with van der Waals surface area (Å²) in [5.74, 6) is 0. The first-order valence-corrected chi connectivity index (χ1v) is 9.08. The number of aryl methyl sites for hydroxylation is 1. The number of hydrogen-bond acceptors (Lipinski definition) is 4. The van der Waals surface area contributed by atoms with E-state index in [2.05, 4.69) is 16.5 Å². The molecule has 0 heterocycles. The zero-order valence-electron chi connectivity index (χ0n) is 12.8. The summed E-state index contributed by atoms with van der Waals surface area (Å²) in [6.07, 6.45) is 3.26. The van der Waals surface area contributed by atoms with E-state index in [0.717, 1.165) is 25.1 Å². The number of nitrogen functional groups attached to an aromatic ring is 1. The summed E-state index contributed by atoms with van der Waals surface area (Å²) in [7, 11) is -3.47. The normalized spacial score (nSPS) is 15.6. The second-order valence-corrected chi connectivity index (χ2v) is 7.24. The number of anilines is 1. The minimum atomic E-state index is -3.47. The van der Waals surface area contributed by atoms with Crippen molar-refractivity contribution in [2.45, 2.75) is 44.0 Å². The summed E-state index contributed by atoms with van der Waals surface area (Å²) < 4.78 is 27.2. The van der Waals surface area contributed by atoms with Crippen LogP contribution < -0.4 is 10.5 Å². The quantitative estimate of drug-likeness (QED) is 0.715. The molecule has 0 spiro atoms. The van der Waals surface area contributed by atoms with Crippen LogP contribution in [0.1, 0.15) is 32.3 Å². The molecule has 1 aliphatic carbocycles. The van der Waals surface area contributed by atoms with E-state index in [1.807, 2.05) is 6.92 Å². The molecule has 0 unspecified atom stereocenters. The summed E-state index contributed by atoms with van der Waals surface area (Å²) in [5, 5.41) is 0. The van der Waals surface area contributed by atoms with Crippen molar-refractivity contribution in [1.29, 1.82) is 0 Å². The zero-order chi connectivity index (χ0) is 15.5. The second kappa shape index (κ2) is 6.77. The zero-order valence-corrected chi connectivity index (χ0v) is 13.6. The number of likely N-dealkylation sites (N-methyl/N-ethyl adjacent to an activating group) is 1. The van der Waals surface area contributed by atoms with Crippen LogP contribution >= 0.6 is 0 Å². The van der Waals surface area contributed by atoms with Gasteiger partial charge in [-0.25, -0.2) is 13.1 Å². The Morgan fingerprint density at radius 3 is 2.57 bits per heavy atom. The average molecular weight is 311 g/mol. The first-order valence-electron chi connectivity index (χ1n) is 7.60. The molecule has 0 aliphatic heterocycles. The van der Waals surface area contributed by atoms with Crippen LogP contribution in [0.2, 0.25) is 0 Å². The molecular formula is C15H25N3O2S. The van der Waals surface area contributed by atoms with Crippen LogP contribution in [0.15, 0.2) is 23.1 Å². The fourth-order valence-electron chi connectivity index (χ4n) is 2.51. The van der Waals surface area contributed by atoms with Crippen molar-refractivity contribution in [3.05, 3.63) is 23.8 Å². The lowest BCUT2D eigenvalue weighted by Crippen LogP contribution is -2.36. The standard InChI is InChI=1S/C15H25N3O2S/c1-3-12-5-8-14(11-15(12)16)21(19,20)17-9-10-18(4-2)13-6-7-13/h5,8,11,13,17H,3-4,6-7,9-10,16H2,1-2H3. The number of sulfonamides is 1. The number of nitrogens with two attached hydrogens (primary N) is 1. The molecular weight excluding hydrogens is 286 g/mol. The van der Waals surface area contributed by atoms with Crippen molar-refractivity contribution in [3.8, 4) is 0 Å². The van der Waals surface area contributed by atoms with Crippen LogP contribution in [0.5, 0.6) is 0 Å². The van der Waals surface area contributed by atoms with Gasteiger partial charge in [-0.3, -0.25) is 4.90 Å². The monoisotopic (exact) mass is 311 g/mol. The van der Waals surface area contributed by atoms with Gasteiger partial charge in [0.1, 0.15) is 0 Å². The Bertz CT molecular complexity index is 583. The molecule has 6 heteroatoms. The van der Waals surface area contributed by atoms with Crippen molar-refractivity contribution in [3.63, 3.8) is 0 Å². The fourth-order valence-corrected chi connectivity index (χ4v) is 3.56. The molecule has 1 saturated carbocycles. The third-order valence-electron chi connectivity index (χ3n) is 3.97. The van der Waals surface area contributed by atoms with Gasteiger partial charge in [-0.1, -0.05) is 19.9 Å². The van der Waals surface area contributed by atoms with Gasteiger partial charge in [-0.15, -0.1) is 0 Å². The predicted octanol–water partition coefficient (Wildman–Crippen LogP) is 1.59. The first-order chi connectivity index (χ1) is 9.97. The van der Waals surface area contributed by atoms with Crippen molar-refractivity contribution in [1.82, 2.24) is 9.62 Å². The van der Waals surface area contributed by atoms with Gasteiger partial charge in [0.25, 0.3) is 0 Å². The Morgan fingerprint density at radius 2 is 2.05 bits per heavy atom. The minimum Gasteiger partial charge on any atom is -0.398 e. The van der Waals surface area contributed by atoms with E-state index >= 15 is 0 Å². The topological polar surface area (TPSA) is 75.4 Å². The van der Waals surface area contributed by atoms with Crippen LogP contribution in [0.25, 0.3) is 0 Å². The number of nitrogens with zero attached hydrogens (tertiary/aromatic N) is 1. The summed E-state index contributed by atoms with van der Waals surface area (Å²) in [5.41, 5.74) is 7.38. The maximum atomic E-state index is 12.3. The molecule has 3 N–H and O–H groups in total. The summed E-state index contributed by atoms with van der Waals surface area (Å²) in [6, 6.07) is 5.60. The van der Waals surface area contributed by atoms with Gasteiger partial charge in [-0.05, 0) is 43.5 Å². The average Bonchev–Trinajstić information content (AvgIpc) is 3.28. The number of rotatable bonds is 8. The Labute approximate surface area is 127 Å². The van der Waals surface area contributed by atoms with Crippen LogP contribution in [0, 0.1) is 0 Å². The summed E-state index contributed by atoms with van der Waals surface area (Å²) in [6.45, 7) is 6.25. The molecule has 2 rings (SSSR count). The lowest BCUT2D eigenvalue weighted by molar-refractivity contribution is 0.282. The van der Waals surface area contributed by atoms with Gasteiger partial charge >= 0.3 is 0 Å². The van der Waals surface area contributed by atoms with Crippen molar-refractivity contribution in [2.24, 2.45) is 0 Å². The van der Waals surface area contributed by atoms with Gasteiger partial charge < -0.3 is 5.73 Å². The predicted molar refractivity (Wildman–Crippen MR) is 85.7 cm³/mol. The smallest absolute Gasteiger partial charge is 0.240 e. The molecule has 0 aromatic heterocycles. The maximum Gasteiger partial charge on any atom is 0.240 e. The van der Waals surface area contributed by atoms with Gasteiger partial charge in [0.05, 0.1) is 4.90 Å². The van der Waals surface area contributed by atoms with Gasteiger partial charge in [-0.2, -0.15) is 0 Å². The highest BCUT2D eigenvalue weighted by Gasteiger charge is 2.27. The molecule has 1 aromatic rings. The molecule has 5 nitrogen and oxygen atoms in total. The van der Waals surface area contributed by atoms with E-state index in [-0.39, 0.29) is 4.90 Å². The SMILES string of the molecule is CCc1ccc(S(=O)(=O)NCCN(CC)C2CC2)cc1N. The molecule has 0 radical (unpaired) electrons. The first kappa shape index (κ1) is 16.3. The molecule has 21 heavy (non-hydrogen) atoms. The van der Waals surface area contributed by atoms with Crippen LogP contribution in [0.3, 0.4) is 0 Å². The van der Waals surface area contributed by atoms with Crippen LogP contribution in [-0.4, -0.2) is 39.0 Å². The highest BCUT2D eigenvalue weighted by Crippen LogP contribution is 2.26. The number of hydrogen-bond donors (Lipinski definition) is 2. The van der Waals surface area contributed by atoms with Gasteiger partial charge in [0, 0.05) is 24.8 Å². The lowest BCUT2D eigenvalue weighted by Gasteiger charge is -2.19. The maximum absolute atomic E-state index is 12.3. The molecule has 1 fully saturated rings. The third kappa shape index (κ3) is 4.18. The summed E-state index contributed by atoms with van der Waals surface area (Å²) >= 11 is 0. The van der Waals surface area contributed by atoms with E-state index in [1.165, 1.54) is 12.8 Å². The van der Waals surface area contributed by atoms with Crippen molar-refractivity contribution < 1.29 is 8.42 Å². The molecule has 0 atom stereocenters. The fraction of sp³-hybridized carbons (Fsp3) is 0.600. The van der Waals surface area contributed by atoms with Crippen LogP contribution in [0.4, 0.5) is 5.69 Å². The number of benzene rings is 1. The Balaban J connectivity index is 1.96. The molecule has 0 amide bonds. The molecule has 0 saturated heterocycles. The van der Waals surface area contributed by atoms with Crippen molar-refractivity contribution >= 4 is 15.7 Å². The Morgan fingerprint density at radius 1 is 1.33 bits per heavy atom. The lowest BCUT2D eigenvalue weighted by atomic mass is 10.1. The molecule has 1 aromatic carbocycles. The minimum absolute atomic E-state index is 0.242. The van der Waals surface area contributed by atoms with E-state index in [9.17, 15) is 8.42 Å². The summed E-state index contributed by atoms with van der Waals surface area (Å²) in [4.78, 5) is 2.56. The molecule has 0 bridgehead atoms. The Hall–Kier alpha value is -1.11. The van der Waals surface area contributed by atoms with E-state index in [4.69, 9.17) is 5.73 Å². The second-order valence-electron chi connectivity index (χ2n) is 5.47. The van der Waals surface area contributed by atoms with E-state index in [1.54, 1.807) is 18.2 Å². The van der Waals surface area contributed by atoms with Gasteiger partial charge in [0.15, 0.2) is 0 Å². The van der Waals surface area contributed by atoms with Gasteiger partial charge in [0.2, 0.25) is 10.0 Å². The third-order valence-corrected chi connectivity index (χ3v) is 5.43. The molecule has 118 valence electrons. The largest absolute Gasteiger partial charge is 0.398 e. The van der Waals surface area contributed by atoms with E-state index < -0.39 is 10.0 Å². The molecule has 1 aliphatic rings. The van der Waals surface area contributed by atoms with Crippen LogP contribution in [-0.2, 0) is 16.4 Å². The highest BCUT2D eigenvalue weighted by molar-refractivity contribution is 7.89. The number of nitrogens with one attached hydrogen (secondary N) is 1. The Kier molecular flexibility index (Phi) is 5.24. The highest BCUT2D eigenvalue weighted by atomic mass is 32.2.